The van der Waals surface area contributed by atoms with Crippen LogP contribution in [-0.2, 0) is 9.53 Å². The molecule has 3 amide bonds. The lowest BCUT2D eigenvalue weighted by atomic mass is 9.97. The van der Waals surface area contributed by atoms with Crippen molar-refractivity contribution in [2.45, 2.75) is 44.7 Å². The lowest BCUT2D eigenvalue weighted by Crippen LogP contribution is -2.47. The summed E-state index contributed by atoms with van der Waals surface area (Å²) in [6.45, 7) is 8.45. The van der Waals surface area contributed by atoms with Crippen LogP contribution < -0.4 is 10.6 Å². The van der Waals surface area contributed by atoms with E-state index >= 15 is 0 Å². The number of urea groups is 1. The minimum Gasteiger partial charge on any atom is -0.378 e. The molecule has 1 saturated carbocycles. The quantitative estimate of drug-likeness (QED) is 0.661. The topological polar surface area (TPSA) is 73.9 Å². The standard InChI is InChI=1S/C22H34N4O3/c1-17(2)26(19-8-9-19)11-10-23-22(28)24-16-20(18-6-4-3-5-7-18)21(27)25-12-14-29-15-13-25/h3-7,17,19-20H,8-16H2,1-2H3,(H2,23,24,28). The van der Waals surface area contributed by atoms with Crippen LogP contribution in [-0.4, -0.2) is 79.8 Å². The second-order valence-electron chi connectivity index (χ2n) is 8.10. The average Bonchev–Trinajstić information content (AvgIpc) is 3.57. The maximum atomic E-state index is 13.1. The number of morpholine rings is 1. The Kier molecular flexibility index (Phi) is 7.89. The molecule has 1 aromatic rings. The van der Waals surface area contributed by atoms with Crippen LogP contribution in [0.1, 0.15) is 38.2 Å². The molecule has 2 aliphatic rings. The van der Waals surface area contributed by atoms with Crippen molar-refractivity contribution in [1.82, 2.24) is 20.4 Å². The SMILES string of the molecule is CC(C)N(CCNC(=O)NCC(C(=O)N1CCOCC1)c1ccccc1)C1CC1. The molecule has 7 nitrogen and oxygen atoms in total. The summed E-state index contributed by atoms with van der Waals surface area (Å²) in [5, 5.41) is 5.84. The highest BCUT2D eigenvalue weighted by molar-refractivity contribution is 5.85. The summed E-state index contributed by atoms with van der Waals surface area (Å²) in [7, 11) is 0. The smallest absolute Gasteiger partial charge is 0.314 e. The van der Waals surface area contributed by atoms with E-state index in [9.17, 15) is 9.59 Å². The van der Waals surface area contributed by atoms with Gasteiger partial charge in [-0.25, -0.2) is 4.79 Å². The molecule has 1 aliphatic heterocycles. The first kappa shape index (κ1) is 21.6. The molecule has 2 fully saturated rings. The molecule has 1 atom stereocenters. The summed E-state index contributed by atoms with van der Waals surface area (Å²) in [4.78, 5) is 29.7. The van der Waals surface area contributed by atoms with Gasteiger partial charge in [0.1, 0.15) is 0 Å². The Hall–Kier alpha value is -2.12. The molecule has 0 radical (unpaired) electrons. The van der Waals surface area contributed by atoms with Crippen LogP contribution in [0.4, 0.5) is 4.79 Å². The highest BCUT2D eigenvalue weighted by Gasteiger charge is 2.30. The Morgan fingerprint density at radius 3 is 2.45 bits per heavy atom. The number of rotatable bonds is 9. The van der Waals surface area contributed by atoms with Crippen molar-refractivity contribution < 1.29 is 14.3 Å². The van der Waals surface area contributed by atoms with E-state index < -0.39 is 5.92 Å². The molecule has 0 bridgehead atoms. The number of nitrogens with one attached hydrogen (secondary N) is 2. The zero-order valence-corrected chi connectivity index (χ0v) is 17.6. The van der Waals surface area contributed by atoms with E-state index in [1.54, 1.807) is 0 Å². The second-order valence-corrected chi connectivity index (χ2v) is 8.10. The molecular formula is C22H34N4O3. The third kappa shape index (κ3) is 6.44. The van der Waals surface area contributed by atoms with E-state index in [0.29, 0.717) is 44.9 Å². The van der Waals surface area contributed by atoms with Gasteiger partial charge in [-0.15, -0.1) is 0 Å². The van der Waals surface area contributed by atoms with Gasteiger partial charge in [-0.1, -0.05) is 30.3 Å². The molecule has 1 saturated heterocycles. The first-order valence-electron chi connectivity index (χ1n) is 10.7. The van der Waals surface area contributed by atoms with Crippen molar-refractivity contribution >= 4 is 11.9 Å². The summed E-state index contributed by atoms with van der Waals surface area (Å²) in [6, 6.07) is 10.6. The fourth-order valence-electron chi connectivity index (χ4n) is 3.86. The summed E-state index contributed by atoms with van der Waals surface area (Å²) >= 11 is 0. The molecule has 3 rings (SSSR count). The van der Waals surface area contributed by atoms with E-state index in [1.165, 1.54) is 12.8 Å². The van der Waals surface area contributed by atoms with E-state index in [0.717, 1.165) is 12.1 Å². The highest BCUT2D eigenvalue weighted by Crippen LogP contribution is 2.27. The predicted molar refractivity (Wildman–Crippen MR) is 113 cm³/mol. The number of hydrogen-bond acceptors (Lipinski definition) is 4. The summed E-state index contributed by atoms with van der Waals surface area (Å²) in [5.41, 5.74) is 0.920. The molecule has 29 heavy (non-hydrogen) atoms. The first-order valence-corrected chi connectivity index (χ1v) is 10.7. The number of nitrogens with zero attached hydrogens (tertiary/aromatic N) is 2. The number of benzene rings is 1. The second kappa shape index (κ2) is 10.6. The van der Waals surface area contributed by atoms with Crippen LogP contribution in [0.2, 0.25) is 0 Å². The van der Waals surface area contributed by atoms with E-state index in [4.69, 9.17) is 4.74 Å². The normalized spacial score (nSPS) is 18.0. The van der Waals surface area contributed by atoms with Gasteiger partial charge >= 0.3 is 6.03 Å². The van der Waals surface area contributed by atoms with Crippen molar-refractivity contribution in [3.63, 3.8) is 0 Å². The first-order chi connectivity index (χ1) is 14.1. The van der Waals surface area contributed by atoms with Crippen molar-refractivity contribution in [3.05, 3.63) is 35.9 Å². The Balaban J connectivity index is 1.51. The summed E-state index contributed by atoms with van der Waals surface area (Å²) in [6.07, 6.45) is 2.51. The molecule has 160 valence electrons. The number of hydrogen-bond donors (Lipinski definition) is 2. The van der Waals surface area contributed by atoms with Gasteiger partial charge in [0, 0.05) is 44.8 Å². The average molecular weight is 403 g/mol. The fraction of sp³-hybridized carbons (Fsp3) is 0.636. The Bertz CT molecular complexity index is 655. The molecule has 1 aromatic carbocycles. The van der Waals surface area contributed by atoms with Crippen molar-refractivity contribution in [1.29, 1.82) is 0 Å². The number of ether oxygens (including phenoxy) is 1. The highest BCUT2D eigenvalue weighted by atomic mass is 16.5. The molecule has 1 heterocycles. The van der Waals surface area contributed by atoms with Gasteiger partial charge in [-0.2, -0.15) is 0 Å². The van der Waals surface area contributed by atoms with Crippen LogP contribution in [0, 0.1) is 0 Å². The number of carbonyl (C=O) groups excluding carboxylic acids is 2. The monoisotopic (exact) mass is 402 g/mol. The maximum absolute atomic E-state index is 13.1. The molecule has 1 unspecified atom stereocenters. The van der Waals surface area contributed by atoms with Gasteiger partial charge in [-0.3, -0.25) is 9.69 Å². The summed E-state index contributed by atoms with van der Waals surface area (Å²) < 4.78 is 5.36. The third-order valence-corrected chi connectivity index (χ3v) is 5.62. The van der Waals surface area contributed by atoms with Crippen LogP contribution in [0.25, 0.3) is 0 Å². The maximum Gasteiger partial charge on any atom is 0.314 e. The minimum atomic E-state index is -0.390. The molecule has 2 N–H and O–H groups in total. The zero-order chi connectivity index (χ0) is 20.6. The van der Waals surface area contributed by atoms with E-state index in [2.05, 4.69) is 29.4 Å². The fourth-order valence-corrected chi connectivity index (χ4v) is 3.86. The van der Waals surface area contributed by atoms with E-state index in [1.807, 2.05) is 35.2 Å². The number of amides is 3. The lowest BCUT2D eigenvalue weighted by molar-refractivity contribution is -0.136. The Morgan fingerprint density at radius 2 is 1.83 bits per heavy atom. The van der Waals surface area contributed by atoms with Gasteiger partial charge in [0.05, 0.1) is 19.1 Å². The van der Waals surface area contributed by atoms with Gasteiger partial charge < -0.3 is 20.3 Å². The van der Waals surface area contributed by atoms with E-state index in [-0.39, 0.29) is 18.5 Å². The van der Waals surface area contributed by atoms with Gasteiger partial charge in [0.15, 0.2) is 0 Å². The van der Waals surface area contributed by atoms with Crippen molar-refractivity contribution in [2.24, 2.45) is 0 Å². The van der Waals surface area contributed by atoms with Gasteiger partial charge in [0.2, 0.25) is 5.91 Å². The molecular weight excluding hydrogens is 368 g/mol. The van der Waals surface area contributed by atoms with Crippen LogP contribution in [0.5, 0.6) is 0 Å². The molecule has 7 heteroatoms. The molecule has 1 aliphatic carbocycles. The molecule has 0 spiro atoms. The number of carbonyl (C=O) groups is 2. The van der Waals surface area contributed by atoms with Crippen molar-refractivity contribution in [3.8, 4) is 0 Å². The van der Waals surface area contributed by atoms with Gasteiger partial charge in [-0.05, 0) is 32.3 Å². The van der Waals surface area contributed by atoms with Crippen molar-refractivity contribution in [2.75, 3.05) is 45.9 Å². The Labute approximate surface area is 173 Å². The predicted octanol–water partition coefficient (Wildman–Crippen LogP) is 1.80. The van der Waals surface area contributed by atoms with Crippen LogP contribution >= 0.6 is 0 Å². The largest absolute Gasteiger partial charge is 0.378 e. The van der Waals surface area contributed by atoms with Crippen LogP contribution in [0.15, 0.2) is 30.3 Å². The van der Waals surface area contributed by atoms with Crippen LogP contribution in [0.3, 0.4) is 0 Å². The summed E-state index contributed by atoms with van der Waals surface area (Å²) in [5.74, 6) is -0.349. The Morgan fingerprint density at radius 1 is 1.14 bits per heavy atom. The zero-order valence-electron chi connectivity index (χ0n) is 17.6. The van der Waals surface area contributed by atoms with Gasteiger partial charge in [0.25, 0.3) is 0 Å². The lowest BCUT2D eigenvalue weighted by Gasteiger charge is -2.31. The third-order valence-electron chi connectivity index (χ3n) is 5.62. The molecule has 0 aromatic heterocycles. The minimum absolute atomic E-state index is 0.0412.